The van der Waals surface area contributed by atoms with E-state index in [1.165, 1.54) is 11.0 Å². The van der Waals surface area contributed by atoms with Crippen molar-refractivity contribution in [2.75, 3.05) is 4.90 Å². The minimum atomic E-state index is -0.591. The van der Waals surface area contributed by atoms with Crippen molar-refractivity contribution in [3.8, 4) is 11.3 Å². The summed E-state index contributed by atoms with van der Waals surface area (Å²) in [5, 5.41) is 3.33. The zero-order valence-electron chi connectivity index (χ0n) is 15.6. The third kappa shape index (κ3) is 3.77. The van der Waals surface area contributed by atoms with Crippen LogP contribution < -0.4 is 10.2 Å². The van der Waals surface area contributed by atoms with Gasteiger partial charge in [-0.3, -0.25) is 19.8 Å². The first kappa shape index (κ1) is 20.3. The molecule has 1 saturated heterocycles. The Morgan fingerprint density at radius 1 is 1.03 bits per heavy atom. The van der Waals surface area contributed by atoms with Crippen LogP contribution in [0.2, 0.25) is 10.0 Å². The van der Waals surface area contributed by atoms with E-state index in [0.717, 1.165) is 5.56 Å². The number of amides is 2. The molecule has 0 radical (unpaired) electrons. The van der Waals surface area contributed by atoms with Gasteiger partial charge in [-0.15, -0.1) is 0 Å². The lowest BCUT2D eigenvalue weighted by Gasteiger charge is -2.28. The topological polar surface area (TPSA) is 62.6 Å². The highest BCUT2D eigenvalue weighted by Gasteiger charge is 2.34. The molecule has 30 heavy (non-hydrogen) atoms. The standard InChI is InChI=1S/C22H14Cl2N2O3S/c1-12-5-7-13(8-6-12)26-21(28)16(20(27)25-22(26)30)11-14-9-10-18(29-14)15-3-2-4-17(23)19(15)24/h2-11H,1H3,(H,25,27,30). The Kier molecular flexibility index (Phi) is 5.47. The molecule has 1 aliphatic heterocycles. The van der Waals surface area contributed by atoms with Crippen LogP contribution in [0.3, 0.4) is 0 Å². The summed E-state index contributed by atoms with van der Waals surface area (Å²) in [6, 6.07) is 15.8. The fourth-order valence-corrected chi connectivity index (χ4v) is 3.67. The number of halogens is 2. The van der Waals surface area contributed by atoms with E-state index in [1.54, 1.807) is 42.5 Å². The number of carbonyl (C=O) groups is 2. The lowest BCUT2D eigenvalue weighted by atomic mass is 10.1. The molecule has 0 saturated carbocycles. The van der Waals surface area contributed by atoms with Crippen LogP contribution in [0.25, 0.3) is 17.4 Å². The van der Waals surface area contributed by atoms with E-state index < -0.39 is 11.8 Å². The molecule has 3 aromatic rings. The molecule has 2 aromatic carbocycles. The maximum Gasteiger partial charge on any atom is 0.270 e. The van der Waals surface area contributed by atoms with Crippen molar-refractivity contribution in [3.05, 3.63) is 81.5 Å². The fraction of sp³-hybridized carbons (Fsp3) is 0.0455. The number of rotatable bonds is 3. The summed E-state index contributed by atoms with van der Waals surface area (Å²) in [4.78, 5) is 26.7. The maximum atomic E-state index is 13.0. The minimum Gasteiger partial charge on any atom is -0.457 e. The zero-order valence-corrected chi connectivity index (χ0v) is 17.9. The molecule has 0 unspecified atom stereocenters. The fourth-order valence-electron chi connectivity index (χ4n) is 3.00. The summed E-state index contributed by atoms with van der Waals surface area (Å²) < 4.78 is 5.79. The molecular formula is C22H14Cl2N2O3S. The maximum absolute atomic E-state index is 13.0. The van der Waals surface area contributed by atoms with Crippen LogP contribution in [0.1, 0.15) is 11.3 Å². The monoisotopic (exact) mass is 456 g/mol. The molecule has 8 heteroatoms. The van der Waals surface area contributed by atoms with Crippen LogP contribution in [-0.4, -0.2) is 16.9 Å². The number of thiocarbonyl (C=S) groups is 1. The lowest BCUT2D eigenvalue weighted by Crippen LogP contribution is -2.54. The Bertz CT molecular complexity index is 1220. The Morgan fingerprint density at radius 3 is 2.50 bits per heavy atom. The molecule has 0 spiro atoms. The van der Waals surface area contributed by atoms with Gasteiger partial charge in [-0.1, -0.05) is 47.0 Å². The van der Waals surface area contributed by atoms with Gasteiger partial charge in [0.2, 0.25) is 0 Å². The van der Waals surface area contributed by atoms with Crippen LogP contribution in [0.4, 0.5) is 5.69 Å². The number of hydrogen-bond donors (Lipinski definition) is 1. The van der Waals surface area contributed by atoms with E-state index >= 15 is 0 Å². The molecule has 2 amide bonds. The molecule has 5 nitrogen and oxygen atoms in total. The summed E-state index contributed by atoms with van der Waals surface area (Å²) in [7, 11) is 0. The number of benzene rings is 2. The SMILES string of the molecule is Cc1ccc(N2C(=O)C(=Cc3ccc(-c4cccc(Cl)c4Cl)o3)C(=O)NC2=S)cc1. The van der Waals surface area contributed by atoms with E-state index in [-0.39, 0.29) is 10.7 Å². The number of nitrogens with one attached hydrogen (secondary N) is 1. The molecule has 0 atom stereocenters. The quantitative estimate of drug-likeness (QED) is 0.325. The van der Waals surface area contributed by atoms with Crippen LogP contribution in [0.15, 0.2) is 64.6 Å². The molecule has 4 rings (SSSR count). The van der Waals surface area contributed by atoms with Gasteiger partial charge in [0.1, 0.15) is 17.1 Å². The highest BCUT2D eigenvalue weighted by atomic mass is 35.5. The summed E-state index contributed by atoms with van der Waals surface area (Å²) in [6.45, 7) is 1.94. The lowest BCUT2D eigenvalue weighted by molar-refractivity contribution is -0.122. The normalized spacial score (nSPS) is 15.6. The number of hydrogen-bond acceptors (Lipinski definition) is 4. The summed E-state index contributed by atoms with van der Waals surface area (Å²) >= 11 is 17.5. The Labute approximate surface area is 187 Å². The average molecular weight is 457 g/mol. The van der Waals surface area contributed by atoms with Gasteiger partial charge in [0.05, 0.1) is 15.7 Å². The van der Waals surface area contributed by atoms with Gasteiger partial charge in [0, 0.05) is 5.56 Å². The van der Waals surface area contributed by atoms with Crippen molar-refractivity contribution in [2.24, 2.45) is 0 Å². The number of carbonyl (C=O) groups excluding carboxylic acids is 2. The number of anilines is 1. The van der Waals surface area contributed by atoms with Gasteiger partial charge in [-0.05, 0) is 61.6 Å². The van der Waals surface area contributed by atoms with Gasteiger partial charge < -0.3 is 4.42 Å². The van der Waals surface area contributed by atoms with Crippen LogP contribution in [-0.2, 0) is 9.59 Å². The Hall–Kier alpha value is -2.93. The average Bonchev–Trinajstić information content (AvgIpc) is 3.17. The Morgan fingerprint density at radius 2 is 1.77 bits per heavy atom. The second-order valence-corrected chi connectivity index (χ2v) is 7.77. The highest BCUT2D eigenvalue weighted by Crippen LogP contribution is 2.34. The molecular weight excluding hydrogens is 443 g/mol. The smallest absolute Gasteiger partial charge is 0.270 e. The molecule has 1 fully saturated rings. The van der Waals surface area contributed by atoms with Crippen molar-refractivity contribution in [1.82, 2.24) is 5.32 Å². The van der Waals surface area contributed by atoms with Crippen molar-refractivity contribution in [3.63, 3.8) is 0 Å². The Balaban J connectivity index is 1.69. The van der Waals surface area contributed by atoms with E-state index in [1.807, 2.05) is 19.1 Å². The van der Waals surface area contributed by atoms with Crippen LogP contribution in [0.5, 0.6) is 0 Å². The second kappa shape index (κ2) is 8.07. The zero-order chi connectivity index (χ0) is 21.4. The molecule has 150 valence electrons. The second-order valence-electron chi connectivity index (χ2n) is 6.60. The predicted octanol–water partition coefficient (Wildman–Crippen LogP) is 5.39. The number of furan rings is 1. The molecule has 2 heterocycles. The van der Waals surface area contributed by atoms with Crippen molar-refractivity contribution in [1.29, 1.82) is 0 Å². The predicted molar refractivity (Wildman–Crippen MR) is 122 cm³/mol. The third-order valence-electron chi connectivity index (χ3n) is 4.52. The van der Waals surface area contributed by atoms with Crippen molar-refractivity contribution >= 4 is 64.1 Å². The highest BCUT2D eigenvalue weighted by molar-refractivity contribution is 7.80. The first-order valence-electron chi connectivity index (χ1n) is 8.87. The van der Waals surface area contributed by atoms with Gasteiger partial charge in [-0.2, -0.15) is 0 Å². The van der Waals surface area contributed by atoms with E-state index in [0.29, 0.717) is 32.8 Å². The van der Waals surface area contributed by atoms with Gasteiger partial charge in [0.25, 0.3) is 11.8 Å². The van der Waals surface area contributed by atoms with Gasteiger partial charge in [-0.25, -0.2) is 0 Å². The van der Waals surface area contributed by atoms with Gasteiger partial charge >= 0.3 is 0 Å². The summed E-state index contributed by atoms with van der Waals surface area (Å²) in [6.07, 6.45) is 1.38. The number of nitrogens with zero attached hydrogens (tertiary/aromatic N) is 1. The van der Waals surface area contributed by atoms with E-state index in [9.17, 15) is 9.59 Å². The molecule has 1 N–H and O–H groups in total. The first-order valence-corrected chi connectivity index (χ1v) is 10.0. The van der Waals surface area contributed by atoms with Crippen LogP contribution >= 0.6 is 35.4 Å². The number of aryl methyl sites for hydroxylation is 1. The van der Waals surface area contributed by atoms with Crippen molar-refractivity contribution < 1.29 is 14.0 Å². The van der Waals surface area contributed by atoms with Crippen molar-refractivity contribution in [2.45, 2.75) is 6.92 Å². The first-order chi connectivity index (χ1) is 14.3. The molecule has 1 aromatic heterocycles. The van der Waals surface area contributed by atoms with E-state index in [4.69, 9.17) is 39.8 Å². The molecule has 0 aliphatic carbocycles. The summed E-state index contributed by atoms with van der Waals surface area (Å²) in [5.74, 6) is -0.349. The molecule has 0 bridgehead atoms. The summed E-state index contributed by atoms with van der Waals surface area (Å²) in [5.41, 5.74) is 2.11. The largest absolute Gasteiger partial charge is 0.457 e. The van der Waals surface area contributed by atoms with Crippen LogP contribution in [0, 0.1) is 6.92 Å². The van der Waals surface area contributed by atoms with Gasteiger partial charge in [0.15, 0.2) is 5.11 Å². The minimum absolute atomic E-state index is 0.0249. The van der Waals surface area contributed by atoms with E-state index in [2.05, 4.69) is 5.32 Å². The molecule has 1 aliphatic rings. The third-order valence-corrected chi connectivity index (χ3v) is 5.63.